The van der Waals surface area contributed by atoms with E-state index in [0.29, 0.717) is 30.9 Å². The number of hydrogen-bond acceptors (Lipinski definition) is 6. The quantitative estimate of drug-likeness (QED) is 0.557. The summed E-state index contributed by atoms with van der Waals surface area (Å²) in [6.07, 6.45) is 2.47. The van der Waals surface area contributed by atoms with Gasteiger partial charge >= 0.3 is 10.5 Å². The van der Waals surface area contributed by atoms with Crippen molar-refractivity contribution in [2.24, 2.45) is 10.3 Å². The molecule has 0 saturated carbocycles. The maximum Gasteiger partial charge on any atom is 0.311 e. The highest BCUT2D eigenvalue weighted by atomic mass is 32.2. The van der Waals surface area contributed by atoms with Gasteiger partial charge in [0.05, 0.1) is 19.1 Å². The van der Waals surface area contributed by atoms with Crippen LogP contribution in [0.5, 0.6) is 5.75 Å². The van der Waals surface area contributed by atoms with Crippen LogP contribution in [0.1, 0.15) is 51.0 Å². The number of rotatable bonds is 10. The van der Waals surface area contributed by atoms with Gasteiger partial charge in [-0.15, -0.1) is 0 Å². The van der Waals surface area contributed by atoms with Gasteiger partial charge in [0, 0.05) is 7.05 Å². The zero-order chi connectivity index (χ0) is 21.1. The third-order valence-corrected chi connectivity index (χ3v) is 5.18. The molecule has 0 radical (unpaired) electrons. The Bertz CT molecular complexity index is 769. The van der Waals surface area contributed by atoms with Crippen molar-refractivity contribution in [3.05, 3.63) is 29.8 Å². The Hall–Kier alpha value is -2.00. The number of amides is 1. The molecule has 0 spiro atoms. The number of nitrogens with one attached hydrogen (secondary N) is 2. The van der Waals surface area contributed by atoms with Gasteiger partial charge in [-0.05, 0) is 61.5 Å². The molecule has 0 aliphatic heterocycles. The summed E-state index contributed by atoms with van der Waals surface area (Å²) in [6, 6.07) is 6.90. The molecule has 9 heteroatoms. The first kappa shape index (κ1) is 24.0. The van der Waals surface area contributed by atoms with Crippen molar-refractivity contribution in [1.82, 2.24) is 10.6 Å². The average molecular weight is 428 g/mol. The van der Waals surface area contributed by atoms with Crippen LogP contribution in [0.3, 0.4) is 0 Å². The van der Waals surface area contributed by atoms with Crippen LogP contribution in [-0.2, 0) is 15.3 Å². The van der Waals surface area contributed by atoms with Crippen molar-refractivity contribution in [2.75, 3.05) is 14.2 Å². The number of benzene rings is 1. The van der Waals surface area contributed by atoms with E-state index in [0.717, 1.165) is 12.0 Å². The number of thiocarbonyl (C=S) groups is 1. The van der Waals surface area contributed by atoms with Crippen molar-refractivity contribution in [1.29, 1.82) is 0 Å². The second-order valence-corrected chi connectivity index (χ2v) is 7.97. The lowest BCUT2D eigenvalue weighted by Gasteiger charge is -2.20. The fraction of sp³-hybridized carbons (Fsp3) is 0.579. The first-order chi connectivity index (χ1) is 13.3. The number of carbonyl (C=O) groups excluding carboxylic acids is 1. The lowest BCUT2D eigenvalue weighted by molar-refractivity contribution is -0.121. The van der Waals surface area contributed by atoms with Crippen molar-refractivity contribution >= 4 is 33.7 Å². The molecule has 0 saturated heterocycles. The molecule has 0 heterocycles. The van der Waals surface area contributed by atoms with Gasteiger partial charge in [-0.1, -0.05) is 26.0 Å². The number of hydrogen-bond donors (Lipinski definition) is 2. The highest BCUT2D eigenvalue weighted by Gasteiger charge is 2.23. The third-order valence-electron chi connectivity index (χ3n) is 4.40. The molecule has 7 nitrogen and oxygen atoms in total. The van der Waals surface area contributed by atoms with Crippen LogP contribution < -0.4 is 15.4 Å². The Morgan fingerprint density at radius 1 is 1.14 bits per heavy atom. The maximum atomic E-state index is 12.7. The second-order valence-electron chi connectivity index (χ2n) is 6.92. The number of nitrogens with zero attached hydrogens (tertiary/aromatic N) is 1. The predicted octanol–water partition coefficient (Wildman–Crippen LogP) is 3.05. The van der Waals surface area contributed by atoms with Crippen molar-refractivity contribution in [3.8, 4) is 5.75 Å². The molecular weight excluding hydrogens is 398 g/mol. The van der Waals surface area contributed by atoms with Gasteiger partial charge in [-0.25, -0.2) is 0 Å². The highest BCUT2D eigenvalue weighted by molar-refractivity contribution is 7.80. The lowest BCUT2D eigenvalue weighted by Crippen LogP contribution is -2.40. The first-order valence-corrected chi connectivity index (χ1v) is 10.7. The van der Waals surface area contributed by atoms with Gasteiger partial charge in [-0.2, -0.15) is 12.8 Å². The molecule has 156 valence electrons. The van der Waals surface area contributed by atoms with Gasteiger partial charge in [0.2, 0.25) is 5.91 Å². The highest BCUT2D eigenvalue weighted by Crippen LogP contribution is 2.26. The van der Waals surface area contributed by atoms with Crippen molar-refractivity contribution in [3.63, 3.8) is 0 Å². The minimum atomic E-state index is -2.47. The normalized spacial score (nSPS) is 12.8. The van der Waals surface area contributed by atoms with Gasteiger partial charge in [0.1, 0.15) is 5.75 Å². The van der Waals surface area contributed by atoms with Crippen LogP contribution in [0, 0.1) is 5.92 Å². The van der Waals surface area contributed by atoms with Crippen LogP contribution in [-0.4, -0.2) is 39.6 Å². The minimum absolute atomic E-state index is 0.240. The maximum absolute atomic E-state index is 12.7. The summed E-state index contributed by atoms with van der Waals surface area (Å²) in [6.45, 7) is 4.16. The second kappa shape index (κ2) is 12.5. The summed E-state index contributed by atoms with van der Waals surface area (Å²) in [5.41, 5.74) is 0.808. The molecule has 1 amide bonds. The van der Waals surface area contributed by atoms with Crippen LogP contribution in [0.4, 0.5) is 0 Å². The van der Waals surface area contributed by atoms with E-state index in [-0.39, 0.29) is 17.1 Å². The standard InChI is InChI=1S/C19H29N3O4S2/c1-13(2)5-8-15(22-28(24)25)9-12-17(18(23)21-19(27)20-3)14-6-10-16(26-4)11-7-14/h6-7,10-11,13,15,17H,5,8-9,12H2,1-4H3,(H2,20,21,23,27). The average Bonchev–Trinajstić information content (AvgIpc) is 2.65. The third kappa shape index (κ3) is 8.79. The van der Waals surface area contributed by atoms with E-state index >= 15 is 0 Å². The molecule has 0 fully saturated rings. The van der Waals surface area contributed by atoms with Gasteiger partial charge < -0.3 is 15.4 Å². The van der Waals surface area contributed by atoms with E-state index in [1.165, 1.54) is 0 Å². The fourth-order valence-corrected chi connectivity index (χ4v) is 3.36. The molecule has 28 heavy (non-hydrogen) atoms. The van der Waals surface area contributed by atoms with E-state index in [4.69, 9.17) is 17.0 Å². The van der Waals surface area contributed by atoms with Gasteiger partial charge in [0.25, 0.3) is 0 Å². The topological polar surface area (TPSA) is 96.9 Å². The largest absolute Gasteiger partial charge is 0.497 e. The van der Waals surface area contributed by atoms with Gasteiger partial charge in [-0.3, -0.25) is 4.79 Å². The molecule has 2 unspecified atom stereocenters. The number of carbonyl (C=O) groups is 1. The Labute approximate surface area is 174 Å². The van der Waals surface area contributed by atoms with Crippen LogP contribution in [0.25, 0.3) is 0 Å². The molecule has 1 aromatic rings. The summed E-state index contributed by atoms with van der Waals surface area (Å²) in [5.74, 6) is 0.427. The van der Waals surface area contributed by atoms with Crippen molar-refractivity contribution in [2.45, 2.75) is 51.5 Å². The minimum Gasteiger partial charge on any atom is -0.497 e. The number of ether oxygens (including phenoxy) is 1. The van der Waals surface area contributed by atoms with E-state index in [1.807, 2.05) is 12.1 Å². The van der Waals surface area contributed by atoms with Crippen LogP contribution in [0.15, 0.2) is 28.6 Å². The molecular formula is C19H29N3O4S2. The molecule has 2 N–H and O–H groups in total. The number of methoxy groups -OCH3 is 1. The molecule has 0 aliphatic rings. The van der Waals surface area contributed by atoms with Crippen LogP contribution >= 0.6 is 12.2 Å². The molecule has 2 atom stereocenters. The summed E-state index contributed by atoms with van der Waals surface area (Å²) < 4.78 is 31.1. The Kier molecular flexibility index (Phi) is 10.7. The lowest BCUT2D eigenvalue weighted by atomic mass is 9.90. The summed E-state index contributed by atoms with van der Waals surface area (Å²) in [5, 5.41) is 5.63. The van der Waals surface area contributed by atoms with E-state index in [1.54, 1.807) is 26.3 Å². The molecule has 1 rings (SSSR count). The Balaban J connectivity index is 3.00. The summed E-state index contributed by atoms with van der Waals surface area (Å²) in [7, 11) is 0.744. The molecule has 0 aliphatic carbocycles. The van der Waals surface area contributed by atoms with E-state index in [9.17, 15) is 13.2 Å². The van der Waals surface area contributed by atoms with Gasteiger partial charge in [0.15, 0.2) is 5.11 Å². The monoisotopic (exact) mass is 427 g/mol. The fourth-order valence-electron chi connectivity index (χ4n) is 2.80. The Morgan fingerprint density at radius 3 is 2.25 bits per heavy atom. The Morgan fingerprint density at radius 2 is 1.75 bits per heavy atom. The van der Waals surface area contributed by atoms with Crippen molar-refractivity contribution < 1.29 is 17.9 Å². The smallest absolute Gasteiger partial charge is 0.311 e. The SMILES string of the molecule is CNC(=S)NC(=O)C(CCC(CCC(C)C)N=S(=O)=O)c1ccc(OC)cc1. The summed E-state index contributed by atoms with van der Waals surface area (Å²) >= 11 is 5.04. The van der Waals surface area contributed by atoms with E-state index in [2.05, 4.69) is 28.8 Å². The van der Waals surface area contributed by atoms with E-state index < -0.39 is 16.4 Å². The zero-order valence-electron chi connectivity index (χ0n) is 16.8. The molecule has 0 aromatic heterocycles. The predicted molar refractivity (Wildman–Crippen MR) is 114 cm³/mol. The zero-order valence-corrected chi connectivity index (χ0v) is 18.4. The van der Waals surface area contributed by atoms with Crippen LogP contribution in [0.2, 0.25) is 0 Å². The first-order valence-electron chi connectivity index (χ1n) is 9.23. The molecule has 0 bridgehead atoms. The summed E-state index contributed by atoms with van der Waals surface area (Å²) in [4.78, 5) is 12.7. The molecule has 1 aromatic carbocycles.